The highest BCUT2D eigenvalue weighted by Gasteiger charge is 2.28. The monoisotopic (exact) mass is 328 g/mol. The predicted molar refractivity (Wildman–Crippen MR) is 83.0 cm³/mol. The normalized spacial score (nSPS) is 19.7. The fourth-order valence-corrected chi connectivity index (χ4v) is 1.95. The molecule has 2 atom stereocenters. The fourth-order valence-electron chi connectivity index (χ4n) is 1.95. The highest BCUT2D eigenvalue weighted by molar-refractivity contribution is 5.71. The van der Waals surface area contributed by atoms with Crippen LogP contribution in [0.3, 0.4) is 0 Å². The van der Waals surface area contributed by atoms with E-state index in [4.69, 9.17) is 20.4 Å². The van der Waals surface area contributed by atoms with E-state index in [0.717, 1.165) is 0 Å². The van der Waals surface area contributed by atoms with Crippen LogP contribution in [0.4, 0.5) is 5.82 Å². The molecule has 0 aromatic carbocycles. The van der Waals surface area contributed by atoms with Crippen LogP contribution in [0.25, 0.3) is 0 Å². The highest BCUT2D eigenvalue weighted by atomic mass is 16.6. The summed E-state index contributed by atoms with van der Waals surface area (Å²) >= 11 is 0. The van der Waals surface area contributed by atoms with Crippen molar-refractivity contribution in [3.8, 4) is 0 Å². The molecule has 0 spiro atoms. The zero-order valence-corrected chi connectivity index (χ0v) is 13.4. The van der Waals surface area contributed by atoms with Gasteiger partial charge < -0.3 is 15.2 Å². The second kappa shape index (κ2) is 9.93. The van der Waals surface area contributed by atoms with Crippen molar-refractivity contribution in [2.45, 2.75) is 45.4 Å². The van der Waals surface area contributed by atoms with Crippen LogP contribution >= 0.6 is 0 Å². The first kappa shape index (κ1) is 19.1. The van der Waals surface area contributed by atoms with Gasteiger partial charge in [0, 0.05) is 6.20 Å². The van der Waals surface area contributed by atoms with Crippen LogP contribution in [0.1, 0.15) is 39.3 Å². The van der Waals surface area contributed by atoms with E-state index in [9.17, 15) is 9.59 Å². The molecule has 1 aromatic rings. The van der Waals surface area contributed by atoms with Gasteiger partial charge in [-0.05, 0) is 18.9 Å². The summed E-state index contributed by atoms with van der Waals surface area (Å²) < 4.78 is 11.8. The number of carbonyl (C=O) groups is 1. The Morgan fingerprint density at radius 2 is 2.26 bits per heavy atom. The van der Waals surface area contributed by atoms with Crippen LogP contribution in [0.5, 0.6) is 0 Å². The number of hydrogen-bond acceptors (Lipinski definition) is 8. The van der Waals surface area contributed by atoms with Crippen molar-refractivity contribution in [3.05, 3.63) is 22.7 Å². The van der Waals surface area contributed by atoms with E-state index in [1.165, 1.54) is 23.3 Å². The van der Waals surface area contributed by atoms with Gasteiger partial charge in [0.05, 0.1) is 12.6 Å². The Balaban J connectivity index is 0.000000816. The smallest absolute Gasteiger partial charge is 0.351 e. The van der Waals surface area contributed by atoms with Gasteiger partial charge in [-0.2, -0.15) is 4.98 Å². The Labute approximate surface area is 134 Å². The summed E-state index contributed by atoms with van der Waals surface area (Å²) in [4.78, 5) is 26.3. The van der Waals surface area contributed by atoms with Crippen LogP contribution in [0.15, 0.2) is 17.1 Å². The number of anilines is 1. The molecule has 1 saturated heterocycles. The quantitative estimate of drug-likeness (QED) is 0.530. The first-order valence-electron chi connectivity index (χ1n) is 7.56. The standard InChI is InChI=1S/C11H16N4O5.C3H8/c12-5-10(16)19-6-7-1-2-9(20-7)15-4-3-8(14-18)13-11(15)17;1-3-2/h3-4,7,9,18H,1-2,5-6,12H2,(H,13,14,17);3H2,1-2H3. The number of hydrogen-bond donors (Lipinski definition) is 3. The molecule has 0 bridgehead atoms. The third-order valence-corrected chi connectivity index (χ3v) is 2.94. The Hall–Kier alpha value is -1.97. The Kier molecular flexibility index (Phi) is 8.23. The maximum absolute atomic E-state index is 11.7. The van der Waals surface area contributed by atoms with Crippen molar-refractivity contribution in [2.24, 2.45) is 5.73 Å². The van der Waals surface area contributed by atoms with Gasteiger partial charge in [0.15, 0.2) is 5.82 Å². The lowest BCUT2D eigenvalue weighted by Crippen LogP contribution is -2.28. The second-order valence-electron chi connectivity index (χ2n) is 5.00. The molecule has 0 saturated carbocycles. The Morgan fingerprint density at radius 1 is 1.57 bits per heavy atom. The Morgan fingerprint density at radius 3 is 2.83 bits per heavy atom. The maximum atomic E-state index is 11.7. The lowest BCUT2D eigenvalue weighted by Gasteiger charge is -2.15. The van der Waals surface area contributed by atoms with E-state index in [2.05, 4.69) is 18.8 Å². The van der Waals surface area contributed by atoms with Crippen LogP contribution in [-0.2, 0) is 14.3 Å². The number of carbonyl (C=O) groups excluding carboxylic acids is 1. The van der Waals surface area contributed by atoms with Gasteiger partial charge in [0.1, 0.15) is 12.8 Å². The summed E-state index contributed by atoms with van der Waals surface area (Å²) in [6, 6.07) is 1.45. The van der Waals surface area contributed by atoms with Gasteiger partial charge in [-0.25, -0.2) is 4.79 Å². The molecule has 0 aliphatic carbocycles. The molecule has 2 heterocycles. The lowest BCUT2D eigenvalue weighted by atomic mass is 10.2. The molecule has 0 amide bonds. The minimum Gasteiger partial charge on any atom is -0.462 e. The zero-order valence-electron chi connectivity index (χ0n) is 13.4. The largest absolute Gasteiger partial charge is 0.462 e. The third kappa shape index (κ3) is 5.97. The van der Waals surface area contributed by atoms with Crippen LogP contribution in [0.2, 0.25) is 0 Å². The second-order valence-corrected chi connectivity index (χ2v) is 5.00. The van der Waals surface area contributed by atoms with E-state index in [1.807, 2.05) is 0 Å². The summed E-state index contributed by atoms with van der Waals surface area (Å²) in [6.45, 7) is 4.19. The SMILES string of the molecule is CCC.NCC(=O)OCC1CCC(n2ccc(NO)nc2=O)O1. The van der Waals surface area contributed by atoms with Gasteiger partial charge in [-0.1, -0.05) is 20.3 Å². The maximum Gasteiger partial charge on any atom is 0.351 e. The number of aromatic nitrogens is 2. The van der Waals surface area contributed by atoms with Crippen molar-refractivity contribution in [1.82, 2.24) is 9.55 Å². The van der Waals surface area contributed by atoms with E-state index in [0.29, 0.717) is 12.8 Å². The van der Waals surface area contributed by atoms with Crippen LogP contribution < -0.4 is 16.9 Å². The van der Waals surface area contributed by atoms with Gasteiger partial charge in [-0.3, -0.25) is 20.0 Å². The molecule has 1 aliphatic rings. The van der Waals surface area contributed by atoms with Gasteiger partial charge in [-0.15, -0.1) is 0 Å². The molecule has 130 valence electrons. The number of ether oxygens (including phenoxy) is 2. The molecular formula is C14H24N4O5. The summed E-state index contributed by atoms with van der Waals surface area (Å²) in [5.74, 6) is -0.424. The lowest BCUT2D eigenvalue weighted by molar-refractivity contribution is -0.146. The molecule has 9 heteroatoms. The highest BCUT2D eigenvalue weighted by Crippen LogP contribution is 2.27. The average Bonchev–Trinajstić information content (AvgIpc) is 3.01. The number of nitrogens with two attached hydrogens (primary N) is 1. The zero-order chi connectivity index (χ0) is 17.2. The van der Waals surface area contributed by atoms with Crippen molar-refractivity contribution >= 4 is 11.8 Å². The Bertz CT molecular complexity index is 548. The summed E-state index contributed by atoms with van der Waals surface area (Å²) in [7, 11) is 0. The molecular weight excluding hydrogens is 304 g/mol. The van der Waals surface area contributed by atoms with E-state index >= 15 is 0 Å². The molecule has 1 fully saturated rings. The molecule has 9 nitrogen and oxygen atoms in total. The van der Waals surface area contributed by atoms with Gasteiger partial charge in [0.25, 0.3) is 0 Å². The summed E-state index contributed by atoms with van der Waals surface area (Å²) in [5.41, 5.74) is 6.39. The first-order chi connectivity index (χ1) is 11.0. The molecule has 1 aliphatic heterocycles. The summed E-state index contributed by atoms with van der Waals surface area (Å²) in [5, 5.41) is 8.66. The third-order valence-electron chi connectivity index (χ3n) is 2.94. The number of nitrogens with one attached hydrogen (secondary N) is 1. The van der Waals surface area contributed by atoms with Crippen molar-refractivity contribution in [1.29, 1.82) is 0 Å². The van der Waals surface area contributed by atoms with Crippen molar-refractivity contribution < 1.29 is 19.5 Å². The minimum atomic E-state index is -0.534. The molecule has 1 aromatic heterocycles. The fraction of sp³-hybridized carbons (Fsp3) is 0.643. The first-order valence-corrected chi connectivity index (χ1v) is 7.56. The number of esters is 1. The number of rotatable bonds is 5. The van der Waals surface area contributed by atoms with E-state index in [1.54, 1.807) is 5.48 Å². The molecule has 2 unspecified atom stereocenters. The van der Waals surface area contributed by atoms with Gasteiger partial charge >= 0.3 is 11.7 Å². The molecule has 0 radical (unpaired) electrons. The number of nitrogens with zero attached hydrogens (tertiary/aromatic N) is 2. The summed E-state index contributed by atoms with van der Waals surface area (Å²) in [6.07, 6.45) is 3.28. The average molecular weight is 328 g/mol. The molecule has 4 N–H and O–H groups in total. The van der Waals surface area contributed by atoms with Crippen molar-refractivity contribution in [2.75, 3.05) is 18.6 Å². The van der Waals surface area contributed by atoms with Gasteiger partial charge in [0.2, 0.25) is 0 Å². The minimum absolute atomic E-state index is 0.0673. The van der Waals surface area contributed by atoms with Crippen LogP contribution in [0, 0.1) is 0 Å². The molecule has 23 heavy (non-hydrogen) atoms. The topological polar surface area (TPSA) is 129 Å². The van der Waals surface area contributed by atoms with Crippen molar-refractivity contribution in [3.63, 3.8) is 0 Å². The van der Waals surface area contributed by atoms with E-state index < -0.39 is 17.9 Å². The molecule has 2 rings (SSSR count). The predicted octanol–water partition coefficient (Wildman–Crippen LogP) is 0.640. The van der Waals surface area contributed by atoms with E-state index in [-0.39, 0.29) is 25.1 Å². The van der Waals surface area contributed by atoms with Crippen LogP contribution in [-0.4, -0.2) is 40.0 Å².